The van der Waals surface area contributed by atoms with E-state index in [0.29, 0.717) is 16.1 Å². The Balaban J connectivity index is 2.29. The maximum atomic E-state index is 12.3. The molecule has 1 aliphatic heterocycles. The molecule has 5 nitrogen and oxygen atoms in total. The molecule has 21 heavy (non-hydrogen) atoms. The maximum Gasteiger partial charge on any atom is 0.276 e. The standard InChI is InChI=1S/C16H13N3O2/c1-7-11-9-5-3-4-6-10(9)18-14(11)8(2)13-12(7)15(20)19(17)16(13)21/h3-6,18H,17H2,1-2H3. The van der Waals surface area contributed by atoms with Gasteiger partial charge in [-0.1, -0.05) is 18.2 Å². The molecule has 2 heterocycles. The minimum absolute atomic E-state index is 0.416. The molecule has 2 aromatic carbocycles. The van der Waals surface area contributed by atoms with Crippen LogP contribution in [-0.2, 0) is 0 Å². The predicted molar refractivity (Wildman–Crippen MR) is 80.0 cm³/mol. The molecular weight excluding hydrogens is 266 g/mol. The summed E-state index contributed by atoms with van der Waals surface area (Å²) in [4.78, 5) is 27.8. The number of nitrogens with two attached hydrogens (primary N) is 1. The molecule has 1 aromatic heterocycles. The number of nitrogens with one attached hydrogen (secondary N) is 1. The summed E-state index contributed by atoms with van der Waals surface area (Å²) in [6, 6.07) is 7.90. The van der Waals surface area contributed by atoms with E-state index in [2.05, 4.69) is 4.98 Å². The van der Waals surface area contributed by atoms with Gasteiger partial charge in [-0.2, -0.15) is 0 Å². The Morgan fingerprint density at radius 2 is 1.62 bits per heavy atom. The zero-order chi connectivity index (χ0) is 14.9. The van der Waals surface area contributed by atoms with Crippen molar-refractivity contribution in [2.75, 3.05) is 0 Å². The molecule has 3 aromatic rings. The van der Waals surface area contributed by atoms with Gasteiger partial charge in [0, 0.05) is 16.3 Å². The van der Waals surface area contributed by atoms with Crippen LogP contribution in [0.4, 0.5) is 0 Å². The van der Waals surface area contributed by atoms with Crippen LogP contribution in [0.5, 0.6) is 0 Å². The number of imide groups is 1. The second-order valence-electron chi connectivity index (χ2n) is 5.40. The van der Waals surface area contributed by atoms with Gasteiger partial charge in [-0.3, -0.25) is 9.59 Å². The summed E-state index contributed by atoms with van der Waals surface area (Å²) >= 11 is 0. The average molecular weight is 279 g/mol. The zero-order valence-electron chi connectivity index (χ0n) is 11.7. The highest BCUT2D eigenvalue weighted by atomic mass is 16.2. The Labute approximate surface area is 120 Å². The number of aromatic amines is 1. The third-order valence-corrected chi connectivity index (χ3v) is 4.32. The van der Waals surface area contributed by atoms with Gasteiger partial charge in [0.1, 0.15) is 0 Å². The third-order valence-electron chi connectivity index (χ3n) is 4.32. The van der Waals surface area contributed by atoms with E-state index in [1.165, 1.54) is 0 Å². The lowest BCUT2D eigenvalue weighted by molar-refractivity contribution is 0.0653. The Hall–Kier alpha value is -2.66. The van der Waals surface area contributed by atoms with Crippen LogP contribution in [0.1, 0.15) is 31.8 Å². The number of hydrogen-bond acceptors (Lipinski definition) is 3. The number of carbonyl (C=O) groups excluding carboxylic acids is 2. The van der Waals surface area contributed by atoms with Gasteiger partial charge in [0.05, 0.1) is 16.6 Å². The number of nitrogens with zero attached hydrogens (tertiary/aromatic N) is 1. The summed E-state index contributed by atoms with van der Waals surface area (Å²) in [6.07, 6.45) is 0. The molecule has 0 saturated heterocycles. The normalized spacial score (nSPS) is 14.5. The van der Waals surface area contributed by atoms with Gasteiger partial charge in [0.15, 0.2) is 0 Å². The van der Waals surface area contributed by atoms with Gasteiger partial charge >= 0.3 is 0 Å². The highest BCUT2D eigenvalue weighted by Crippen LogP contribution is 2.37. The van der Waals surface area contributed by atoms with Crippen LogP contribution in [0.25, 0.3) is 21.8 Å². The highest BCUT2D eigenvalue weighted by Gasteiger charge is 2.38. The van der Waals surface area contributed by atoms with Crippen LogP contribution in [0.15, 0.2) is 24.3 Å². The first-order valence-electron chi connectivity index (χ1n) is 6.69. The number of aryl methyl sites for hydroxylation is 2. The molecule has 0 radical (unpaired) electrons. The summed E-state index contributed by atoms with van der Waals surface area (Å²) in [5.74, 6) is 4.72. The molecule has 0 spiro atoms. The zero-order valence-corrected chi connectivity index (χ0v) is 11.7. The summed E-state index contributed by atoms with van der Waals surface area (Å²) in [5.41, 5.74) is 4.30. The molecule has 0 unspecified atom stereocenters. The molecule has 0 atom stereocenters. The number of benzene rings is 2. The number of rotatable bonds is 0. The Kier molecular flexibility index (Phi) is 2.14. The van der Waals surface area contributed by atoms with Crippen molar-refractivity contribution in [2.45, 2.75) is 13.8 Å². The van der Waals surface area contributed by atoms with E-state index in [4.69, 9.17) is 5.84 Å². The molecule has 2 amide bonds. The number of para-hydroxylation sites is 1. The largest absolute Gasteiger partial charge is 0.354 e. The summed E-state index contributed by atoms with van der Waals surface area (Å²) in [5, 5.41) is 2.73. The van der Waals surface area contributed by atoms with Crippen molar-refractivity contribution in [1.82, 2.24) is 9.99 Å². The van der Waals surface area contributed by atoms with E-state index < -0.39 is 11.8 Å². The lowest BCUT2D eigenvalue weighted by atomic mass is 9.94. The van der Waals surface area contributed by atoms with Gasteiger partial charge in [-0.05, 0) is 31.0 Å². The van der Waals surface area contributed by atoms with Crippen molar-refractivity contribution in [3.05, 3.63) is 46.5 Å². The van der Waals surface area contributed by atoms with E-state index in [9.17, 15) is 9.59 Å². The van der Waals surface area contributed by atoms with E-state index >= 15 is 0 Å². The number of amides is 2. The minimum atomic E-state index is -0.434. The van der Waals surface area contributed by atoms with E-state index in [1.807, 2.05) is 38.1 Å². The number of fused-ring (bicyclic) bond motifs is 4. The van der Waals surface area contributed by atoms with E-state index in [-0.39, 0.29) is 0 Å². The van der Waals surface area contributed by atoms with Crippen LogP contribution in [-0.4, -0.2) is 21.8 Å². The van der Waals surface area contributed by atoms with E-state index in [1.54, 1.807) is 0 Å². The predicted octanol–water partition coefficient (Wildman–Crippen LogP) is 2.41. The van der Waals surface area contributed by atoms with Crippen LogP contribution < -0.4 is 5.84 Å². The van der Waals surface area contributed by atoms with Crippen LogP contribution in [0.3, 0.4) is 0 Å². The maximum absolute atomic E-state index is 12.3. The lowest BCUT2D eigenvalue weighted by Gasteiger charge is -2.07. The first-order chi connectivity index (χ1) is 10.0. The van der Waals surface area contributed by atoms with Gasteiger partial charge in [0.25, 0.3) is 11.8 Å². The lowest BCUT2D eigenvalue weighted by Crippen LogP contribution is -2.36. The fraction of sp³-hybridized carbons (Fsp3) is 0.125. The van der Waals surface area contributed by atoms with Crippen molar-refractivity contribution >= 4 is 33.6 Å². The van der Waals surface area contributed by atoms with Crippen LogP contribution in [0, 0.1) is 13.8 Å². The van der Waals surface area contributed by atoms with Gasteiger partial charge < -0.3 is 4.98 Å². The van der Waals surface area contributed by atoms with Crippen molar-refractivity contribution in [3.8, 4) is 0 Å². The highest BCUT2D eigenvalue weighted by molar-refractivity contribution is 6.26. The second-order valence-corrected chi connectivity index (χ2v) is 5.40. The van der Waals surface area contributed by atoms with Gasteiger partial charge in [-0.15, -0.1) is 0 Å². The second kappa shape index (κ2) is 3.71. The Bertz CT molecular complexity index is 969. The smallest absolute Gasteiger partial charge is 0.276 e. The number of H-pyrrole nitrogens is 1. The number of hydrogen-bond donors (Lipinski definition) is 2. The first-order valence-corrected chi connectivity index (χ1v) is 6.69. The molecule has 3 N–H and O–H groups in total. The number of hydrazine groups is 1. The molecular formula is C16H13N3O2. The monoisotopic (exact) mass is 279 g/mol. The SMILES string of the molecule is Cc1c2c(c(C)c3c1[nH]c1ccccc13)C(=O)N(N)C2=O. The molecule has 5 heteroatoms. The number of aromatic nitrogens is 1. The van der Waals surface area contributed by atoms with Crippen LogP contribution >= 0.6 is 0 Å². The fourth-order valence-electron chi connectivity index (χ4n) is 3.31. The van der Waals surface area contributed by atoms with E-state index in [0.717, 1.165) is 32.9 Å². The number of carbonyl (C=O) groups is 2. The van der Waals surface area contributed by atoms with Crippen LogP contribution in [0.2, 0.25) is 0 Å². The van der Waals surface area contributed by atoms with Gasteiger partial charge in [-0.25, -0.2) is 10.9 Å². The summed E-state index contributed by atoms with van der Waals surface area (Å²) in [7, 11) is 0. The molecule has 0 bridgehead atoms. The van der Waals surface area contributed by atoms with Crippen molar-refractivity contribution < 1.29 is 9.59 Å². The Morgan fingerprint density at radius 3 is 2.33 bits per heavy atom. The molecule has 0 fully saturated rings. The van der Waals surface area contributed by atoms with Crippen molar-refractivity contribution in [1.29, 1.82) is 0 Å². The van der Waals surface area contributed by atoms with Crippen molar-refractivity contribution in [3.63, 3.8) is 0 Å². The molecule has 4 rings (SSSR count). The molecule has 0 aliphatic carbocycles. The third kappa shape index (κ3) is 1.29. The van der Waals surface area contributed by atoms with Crippen molar-refractivity contribution in [2.24, 2.45) is 5.84 Å². The fourth-order valence-corrected chi connectivity index (χ4v) is 3.31. The quantitative estimate of drug-likeness (QED) is 0.377. The molecule has 0 saturated carbocycles. The Morgan fingerprint density at radius 1 is 1.00 bits per heavy atom. The molecule has 104 valence electrons. The minimum Gasteiger partial charge on any atom is -0.354 e. The average Bonchev–Trinajstić information content (AvgIpc) is 2.97. The topological polar surface area (TPSA) is 79.2 Å². The summed E-state index contributed by atoms with van der Waals surface area (Å²) < 4.78 is 0. The van der Waals surface area contributed by atoms with Gasteiger partial charge in [0.2, 0.25) is 0 Å². The molecule has 1 aliphatic rings. The summed E-state index contributed by atoms with van der Waals surface area (Å²) in [6.45, 7) is 3.71. The first kappa shape index (κ1) is 12.1.